The largest absolute Gasteiger partial charge is 0.394 e. The second-order valence-electron chi connectivity index (χ2n) is 4.97. The molecule has 1 amide bonds. The third-order valence-corrected chi connectivity index (χ3v) is 4.27. The number of hydrogen-bond acceptors (Lipinski definition) is 5. The minimum atomic E-state index is -0.00364. The molecule has 0 spiro atoms. The predicted molar refractivity (Wildman–Crippen MR) is 73.0 cm³/mol. The van der Waals surface area contributed by atoms with E-state index in [-0.39, 0.29) is 24.6 Å². The highest BCUT2D eigenvalue weighted by Crippen LogP contribution is 2.22. The molecule has 1 aromatic rings. The van der Waals surface area contributed by atoms with E-state index in [9.17, 15) is 9.90 Å². The van der Waals surface area contributed by atoms with Gasteiger partial charge in [0.1, 0.15) is 6.33 Å². The number of thioether (sulfide) groups is 1. The van der Waals surface area contributed by atoms with Gasteiger partial charge >= 0.3 is 0 Å². The maximum atomic E-state index is 12.1. The number of nitrogens with zero attached hydrogens (tertiary/aromatic N) is 4. The summed E-state index contributed by atoms with van der Waals surface area (Å²) in [5.74, 6) is 0.418. The van der Waals surface area contributed by atoms with E-state index in [0.29, 0.717) is 5.75 Å². The summed E-state index contributed by atoms with van der Waals surface area (Å²) in [6, 6.07) is 0.278. The molecular weight excluding hydrogens is 264 g/mol. The van der Waals surface area contributed by atoms with Gasteiger partial charge in [-0.25, -0.2) is 0 Å². The molecule has 1 fully saturated rings. The molecule has 7 heteroatoms. The number of carbonyl (C=O) groups is 1. The van der Waals surface area contributed by atoms with Crippen LogP contribution in [0.2, 0.25) is 0 Å². The molecule has 1 aliphatic rings. The number of hydrogen-bond donors (Lipinski definition) is 1. The highest BCUT2D eigenvalue weighted by Gasteiger charge is 2.28. The number of carbonyl (C=O) groups excluding carboxylic acids is 1. The number of aromatic nitrogens is 3. The van der Waals surface area contributed by atoms with E-state index in [1.165, 1.54) is 11.8 Å². The summed E-state index contributed by atoms with van der Waals surface area (Å²) in [6.07, 6.45) is 3.56. The molecule has 1 saturated heterocycles. The van der Waals surface area contributed by atoms with Gasteiger partial charge in [-0.15, -0.1) is 10.2 Å². The Labute approximate surface area is 117 Å². The number of amides is 1. The normalized spacial score (nSPS) is 19.4. The maximum Gasteiger partial charge on any atom is 0.233 e. The van der Waals surface area contributed by atoms with Gasteiger partial charge < -0.3 is 14.6 Å². The van der Waals surface area contributed by atoms with Crippen LogP contribution >= 0.6 is 11.8 Å². The SMILES string of the molecule is CC(C)n1cnnc1SCC(=O)N1CCC[C@@H]1CO. The summed E-state index contributed by atoms with van der Waals surface area (Å²) in [7, 11) is 0. The van der Waals surface area contributed by atoms with Crippen molar-refractivity contribution in [1.82, 2.24) is 19.7 Å². The molecule has 0 aliphatic carbocycles. The van der Waals surface area contributed by atoms with E-state index >= 15 is 0 Å². The molecule has 19 heavy (non-hydrogen) atoms. The minimum Gasteiger partial charge on any atom is -0.394 e. The predicted octanol–water partition coefficient (Wildman–Crippen LogP) is 0.934. The van der Waals surface area contributed by atoms with Crippen LogP contribution in [0.25, 0.3) is 0 Å². The van der Waals surface area contributed by atoms with Crippen molar-refractivity contribution in [3.05, 3.63) is 6.33 Å². The highest BCUT2D eigenvalue weighted by atomic mass is 32.2. The van der Waals surface area contributed by atoms with E-state index in [2.05, 4.69) is 24.0 Å². The standard InChI is InChI=1S/C12H20N4O2S/c1-9(2)16-8-13-14-12(16)19-7-11(18)15-5-3-4-10(15)6-17/h8-10,17H,3-7H2,1-2H3/t10-/m1/s1. The van der Waals surface area contributed by atoms with Crippen LogP contribution in [-0.2, 0) is 4.79 Å². The van der Waals surface area contributed by atoms with E-state index in [4.69, 9.17) is 0 Å². The van der Waals surface area contributed by atoms with Crippen LogP contribution < -0.4 is 0 Å². The second-order valence-corrected chi connectivity index (χ2v) is 5.91. The third kappa shape index (κ3) is 3.27. The van der Waals surface area contributed by atoms with Crippen molar-refractivity contribution in [2.75, 3.05) is 18.9 Å². The van der Waals surface area contributed by atoms with E-state index in [1.807, 2.05) is 4.57 Å². The van der Waals surface area contributed by atoms with Gasteiger partial charge in [-0.1, -0.05) is 11.8 Å². The number of likely N-dealkylation sites (tertiary alicyclic amines) is 1. The molecule has 1 aliphatic heterocycles. The molecular formula is C12H20N4O2S. The summed E-state index contributed by atoms with van der Waals surface area (Å²) in [5.41, 5.74) is 0. The molecule has 0 aromatic carbocycles. The van der Waals surface area contributed by atoms with Crippen LogP contribution in [0.5, 0.6) is 0 Å². The fourth-order valence-corrected chi connectivity index (χ4v) is 3.18. The zero-order chi connectivity index (χ0) is 13.8. The van der Waals surface area contributed by atoms with Gasteiger partial charge in [-0.3, -0.25) is 4.79 Å². The Bertz CT molecular complexity index is 435. The van der Waals surface area contributed by atoms with Crippen molar-refractivity contribution in [3.8, 4) is 0 Å². The fourth-order valence-electron chi connectivity index (χ4n) is 2.25. The lowest BCUT2D eigenvalue weighted by Crippen LogP contribution is -2.38. The van der Waals surface area contributed by atoms with Gasteiger partial charge in [0.25, 0.3) is 0 Å². The average Bonchev–Trinajstić information content (AvgIpc) is 3.04. The van der Waals surface area contributed by atoms with E-state index < -0.39 is 0 Å². The summed E-state index contributed by atoms with van der Waals surface area (Å²) < 4.78 is 1.95. The monoisotopic (exact) mass is 284 g/mol. The lowest BCUT2D eigenvalue weighted by Gasteiger charge is -2.22. The average molecular weight is 284 g/mol. The van der Waals surface area contributed by atoms with Crippen LogP contribution in [0.4, 0.5) is 0 Å². The molecule has 1 N–H and O–H groups in total. The summed E-state index contributed by atoms with van der Waals surface area (Å²) in [6.45, 7) is 4.91. The topological polar surface area (TPSA) is 71.2 Å². The van der Waals surface area contributed by atoms with Crippen molar-refractivity contribution in [2.45, 2.75) is 43.9 Å². The third-order valence-electron chi connectivity index (χ3n) is 3.33. The van der Waals surface area contributed by atoms with Crippen LogP contribution in [0, 0.1) is 0 Å². The lowest BCUT2D eigenvalue weighted by atomic mass is 10.2. The smallest absolute Gasteiger partial charge is 0.233 e. The maximum absolute atomic E-state index is 12.1. The van der Waals surface area contributed by atoms with E-state index in [0.717, 1.165) is 24.5 Å². The first-order valence-electron chi connectivity index (χ1n) is 6.56. The fraction of sp³-hybridized carbons (Fsp3) is 0.750. The molecule has 106 valence electrons. The van der Waals surface area contributed by atoms with Gasteiger partial charge in [-0.2, -0.15) is 0 Å². The molecule has 1 aromatic heterocycles. The van der Waals surface area contributed by atoms with Gasteiger partial charge in [-0.05, 0) is 26.7 Å². The van der Waals surface area contributed by atoms with Crippen molar-refractivity contribution < 1.29 is 9.90 Å². The van der Waals surface area contributed by atoms with Gasteiger partial charge in [0.15, 0.2) is 5.16 Å². The summed E-state index contributed by atoms with van der Waals surface area (Å²) in [5, 5.41) is 17.9. The molecule has 2 rings (SSSR count). The highest BCUT2D eigenvalue weighted by molar-refractivity contribution is 7.99. The minimum absolute atomic E-state index is 0.00364. The first-order chi connectivity index (χ1) is 9.13. The van der Waals surface area contributed by atoms with Crippen molar-refractivity contribution in [3.63, 3.8) is 0 Å². The Hall–Kier alpha value is -1.08. The first-order valence-corrected chi connectivity index (χ1v) is 7.54. The molecule has 6 nitrogen and oxygen atoms in total. The Morgan fingerprint density at radius 2 is 2.42 bits per heavy atom. The second kappa shape index (κ2) is 6.38. The summed E-state index contributed by atoms with van der Waals surface area (Å²) in [4.78, 5) is 13.9. The Kier molecular flexibility index (Phi) is 4.81. The van der Waals surface area contributed by atoms with Gasteiger partial charge in [0.05, 0.1) is 18.4 Å². The van der Waals surface area contributed by atoms with Crippen molar-refractivity contribution in [2.24, 2.45) is 0 Å². The van der Waals surface area contributed by atoms with Crippen LogP contribution in [0.3, 0.4) is 0 Å². The van der Waals surface area contributed by atoms with Crippen LogP contribution in [0.15, 0.2) is 11.5 Å². The van der Waals surface area contributed by atoms with Gasteiger partial charge in [0.2, 0.25) is 5.91 Å². The van der Waals surface area contributed by atoms with Crippen LogP contribution in [0.1, 0.15) is 32.7 Å². The Balaban J connectivity index is 1.91. The molecule has 0 bridgehead atoms. The quantitative estimate of drug-likeness (QED) is 0.815. The lowest BCUT2D eigenvalue weighted by molar-refractivity contribution is -0.129. The zero-order valence-electron chi connectivity index (χ0n) is 11.3. The number of aliphatic hydroxyl groups excluding tert-OH is 1. The molecule has 0 radical (unpaired) electrons. The first kappa shape index (κ1) is 14.3. The van der Waals surface area contributed by atoms with E-state index in [1.54, 1.807) is 11.2 Å². The van der Waals surface area contributed by atoms with Crippen molar-refractivity contribution in [1.29, 1.82) is 0 Å². The Morgan fingerprint density at radius 1 is 1.63 bits per heavy atom. The van der Waals surface area contributed by atoms with Crippen LogP contribution in [-0.4, -0.2) is 55.6 Å². The molecule has 1 atom stereocenters. The Morgan fingerprint density at radius 3 is 3.11 bits per heavy atom. The molecule has 2 heterocycles. The summed E-state index contributed by atoms with van der Waals surface area (Å²) >= 11 is 1.41. The molecule has 0 unspecified atom stereocenters. The number of rotatable bonds is 5. The van der Waals surface area contributed by atoms with Gasteiger partial charge in [0, 0.05) is 12.6 Å². The van der Waals surface area contributed by atoms with Crippen molar-refractivity contribution >= 4 is 17.7 Å². The zero-order valence-corrected chi connectivity index (χ0v) is 12.1. The number of aliphatic hydroxyl groups is 1. The molecule has 0 saturated carbocycles.